The molecular formula is C20H19N3O3S. The van der Waals surface area contributed by atoms with Gasteiger partial charge in [-0.25, -0.2) is 4.98 Å². The first kappa shape index (κ1) is 17.6. The van der Waals surface area contributed by atoms with E-state index in [-0.39, 0.29) is 18.4 Å². The van der Waals surface area contributed by atoms with Crippen molar-refractivity contribution in [2.45, 2.75) is 12.8 Å². The topological polar surface area (TPSA) is 71.5 Å². The van der Waals surface area contributed by atoms with Gasteiger partial charge in [-0.3, -0.25) is 9.59 Å². The van der Waals surface area contributed by atoms with Gasteiger partial charge in [-0.2, -0.15) is 0 Å². The van der Waals surface area contributed by atoms with E-state index in [4.69, 9.17) is 4.74 Å². The maximum atomic E-state index is 12.6. The number of nitrogens with one attached hydrogen (secondary N) is 1. The molecule has 0 bridgehead atoms. The lowest BCUT2D eigenvalue weighted by atomic mass is 10.0. The van der Waals surface area contributed by atoms with Gasteiger partial charge in [0.15, 0.2) is 0 Å². The second-order valence-electron chi connectivity index (χ2n) is 6.41. The van der Waals surface area contributed by atoms with Crippen molar-refractivity contribution in [3.8, 4) is 0 Å². The molecule has 0 unspecified atom stereocenters. The number of aryl methyl sites for hydroxylation is 1. The lowest BCUT2D eigenvalue weighted by Gasteiger charge is -2.29. The molecule has 2 aromatic carbocycles. The van der Waals surface area contributed by atoms with E-state index < -0.39 is 0 Å². The van der Waals surface area contributed by atoms with Gasteiger partial charge in [0.1, 0.15) is 6.61 Å². The zero-order chi connectivity index (χ0) is 18.8. The molecular weight excluding hydrogens is 362 g/mol. The minimum absolute atomic E-state index is 0.0465. The number of hydrogen-bond acceptors (Lipinski definition) is 5. The molecule has 0 aliphatic carbocycles. The van der Waals surface area contributed by atoms with E-state index in [1.165, 1.54) is 18.4 Å². The zero-order valence-corrected chi connectivity index (χ0v) is 15.7. The number of aromatic nitrogens is 1. The first-order valence-electron chi connectivity index (χ1n) is 8.72. The molecule has 1 aromatic heterocycles. The fourth-order valence-electron chi connectivity index (χ4n) is 3.31. The number of rotatable bonds is 4. The molecule has 1 aliphatic heterocycles. The van der Waals surface area contributed by atoms with E-state index in [0.717, 1.165) is 34.3 Å². The summed E-state index contributed by atoms with van der Waals surface area (Å²) in [5.41, 5.74) is 5.85. The Morgan fingerprint density at radius 1 is 1.26 bits per heavy atom. The molecule has 0 atom stereocenters. The van der Waals surface area contributed by atoms with Crippen LogP contribution in [0.5, 0.6) is 0 Å². The minimum Gasteiger partial charge on any atom is -0.375 e. The molecule has 3 aromatic rings. The number of carbonyl (C=O) groups excluding carboxylic acids is 2. The molecule has 2 amide bonds. The van der Waals surface area contributed by atoms with Crippen LogP contribution in [0.2, 0.25) is 0 Å². The second kappa shape index (κ2) is 7.46. The minimum atomic E-state index is -0.184. The summed E-state index contributed by atoms with van der Waals surface area (Å²) in [4.78, 5) is 30.9. The number of nitrogens with zero attached hydrogens (tertiary/aromatic N) is 2. The fourth-order valence-corrected chi connectivity index (χ4v) is 4.03. The molecule has 1 aliphatic rings. The average molecular weight is 381 g/mol. The van der Waals surface area contributed by atoms with Gasteiger partial charge in [0.2, 0.25) is 0 Å². The summed E-state index contributed by atoms with van der Waals surface area (Å²) in [6.07, 6.45) is 1.84. The molecule has 0 saturated heterocycles. The van der Waals surface area contributed by atoms with Gasteiger partial charge < -0.3 is 15.0 Å². The molecule has 4 rings (SSSR count). The van der Waals surface area contributed by atoms with Crippen molar-refractivity contribution in [3.63, 3.8) is 0 Å². The Morgan fingerprint density at radius 3 is 3.00 bits per heavy atom. The molecule has 0 saturated carbocycles. The normalized spacial score (nSPS) is 13.4. The SMILES string of the molecule is COCC(=O)N1CCCc2ccc(NC(=O)c3ccc4ncsc4c3)cc21. The highest BCUT2D eigenvalue weighted by Crippen LogP contribution is 2.30. The van der Waals surface area contributed by atoms with Crippen LogP contribution in [0.3, 0.4) is 0 Å². The Morgan fingerprint density at radius 2 is 2.15 bits per heavy atom. The number of methoxy groups -OCH3 is 1. The van der Waals surface area contributed by atoms with Crippen LogP contribution in [0.15, 0.2) is 41.9 Å². The lowest BCUT2D eigenvalue weighted by molar-refractivity contribution is -0.122. The average Bonchev–Trinajstić information content (AvgIpc) is 3.15. The number of amides is 2. The summed E-state index contributed by atoms with van der Waals surface area (Å²) in [7, 11) is 1.51. The predicted molar refractivity (Wildman–Crippen MR) is 107 cm³/mol. The zero-order valence-electron chi connectivity index (χ0n) is 14.9. The molecule has 6 nitrogen and oxygen atoms in total. The maximum Gasteiger partial charge on any atom is 0.255 e. The van der Waals surface area contributed by atoms with Gasteiger partial charge in [0.05, 0.1) is 15.7 Å². The Hall–Kier alpha value is -2.77. The summed E-state index contributed by atoms with van der Waals surface area (Å²) in [5.74, 6) is -0.256. The third-order valence-electron chi connectivity index (χ3n) is 4.62. The number of benzene rings is 2. The molecule has 7 heteroatoms. The number of fused-ring (bicyclic) bond motifs is 2. The van der Waals surface area contributed by atoms with E-state index in [1.807, 2.05) is 30.3 Å². The van der Waals surface area contributed by atoms with E-state index in [9.17, 15) is 9.59 Å². The highest BCUT2D eigenvalue weighted by molar-refractivity contribution is 7.16. The van der Waals surface area contributed by atoms with E-state index in [0.29, 0.717) is 17.8 Å². The molecule has 2 heterocycles. The number of thiazole rings is 1. The van der Waals surface area contributed by atoms with Gasteiger partial charge in [0.25, 0.3) is 11.8 Å². The molecule has 27 heavy (non-hydrogen) atoms. The highest BCUT2D eigenvalue weighted by Gasteiger charge is 2.23. The van der Waals surface area contributed by atoms with Crippen LogP contribution in [0, 0.1) is 0 Å². The number of ether oxygens (including phenoxy) is 1. The van der Waals surface area contributed by atoms with Crippen molar-refractivity contribution in [2.24, 2.45) is 0 Å². The summed E-state index contributed by atoms with van der Waals surface area (Å²) in [6, 6.07) is 11.2. The highest BCUT2D eigenvalue weighted by atomic mass is 32.1. The first-order valence-corrected chi connectivity index (χ1v) is 9.60. The lowest BCUT2D eigenvalue weighted by Crippen LogP contribution is -2.37. The molecule has 0 radical (unpaired) electrons. The fraction of sp³-hybridized carbons (Fsp3) is 0.250. The quantitative estimate of drug-likeness (QED) is 0.751. The number of carbonyl (C=O) groups is 2. The van der Waals surface area contributed by atoms with Crippen molar-refractivity contribution in [1.82, 2.24) is 4.98 Å². The Balaban J connectivity index is 1.58. The van der Waals surface area contributed by atoms with Crippen LogP contribution in [-0.4, -0.2) is 37.1 Å². The van der Waals surface area contributed by atoms with Gasteiger partial charge in [-0.05, 0) is 48.7 Å². The summed E-state index contributed by atoms with van der Waals surface area (Å²) in [5, 5.41) is 2.93. The van der Waals surface area contributed by atoms with Crippen molar-refractivity contribution in [2.75, 3.05) is 30.5 Å². The largest absolute Gasteiger partial charge is 0.375 e. The van der Waals surface area contributed by atoms with Crippen molar-refractivity contribution in [1.29, 1.82) is 0 Å². The van der Waals surface area contributed by atoms with Crippen LogP contribution in [0.4, 0.5) is 11.4 Å². The third-order valence-corrected chi connectivity index (χ3v) is 5.42. The molecule has 138 valence electrons. The van der Waals surface area contributed by atoms with Gasteiger partial charge in [-0.15, -0.1) is 11.3 Å². The Bertz CT molecular complexity index is 1010. The van der Waals surface area contributed by atoms with Crippen LogP contribution in [0.25, 0.3) is 10.2 Å². The van der Waals surface area contributed by atoms with Crippen LogP contribution >= 0.6 is 11.3 Å². The van der Waals surface area contributed by atoms with E-state index >= 15 is 0 Å². The van der Waals surface area contributed by atoms with Crippen LogP contribution in [-0.2, 0) is 16.0 Å². The maximum absolute atomic E-state index is 12.6. The predicted octanol–water partition coefficient (Wildman–Crippen LogP) is 3.47. The summed E-state index contributed by atoms with van der Waals surface area (Å²) < 4.78 is 5.96. The summed E-state index contributed by atoms with van der Waals surface area (Å²) >= 11 is 1.50. The Kier molecular flexibility index (Phi) is 4.87. The van der Waals surface area contributed by atoms with Gasteiger partial charge >= 0.3 is 0 Å². The third kappa shape index (κ3) is 3.56. The van der Waals surface area contributed by atoms with Crippen molar-refractivity contribution in [3.05, 3.63) is 53.0 Å². The van der Waals surface area contributed by atoms with Crippen molar-refractivity contribution >= 4 is 44.7 Å². The number of hydrogen-bond donors (Lipinski definition) is 1. The second-order valence-corrected chi connectivity index (χ2v) is 7.30. The molecule has 0 spiro atoms. The molecule has 0 fully saturated rings. The van der Waals surface area contributed by atoms with E-state index in [1.54, 1.807) is 16.5 Å². The van der Waals surface area contributed by atoms with Gasteiger partial charge in [0, 0.05) is 30.6 Å². The molecule has 1 N–H and O–H groups in total. The Labute approximate surface area is 160 Å². The van der Waals surface area contributed by atoms with Crippen LogP contribution < -0.4 is 10.2 Å². The monoisotopic (exact) mass is 381 g/mol. The van der Waals surface area contributed by atoms with Crippen molar-refractivity contribution < 1.29 is 14.3 Å². The van der Waals surface area contributed by atoms with Crippen LogP contribution in [0.1, 0.15) is 22.3 Å². The summed E-state index contributed by atoms with van der Waals surface area (Å²) in [6.45, 7) is 0.708. The smallest absolute Gasteiger partial charge is 0.255 e. The standard InChI is InChI=1S/C20H19N3O3S/c1-26-11-19(24)23-8-2-3-13-4-6-15(10-17(13)23)22-20(25)14-5-7-16-18(9-14)27-12-21-16/h4-7,9-10,12H,2-3,8,11H2,1H3,(H,22,25). The van der Waals surface area contributed by atoms with E-state index in [2.05, 4.69) is 10.3 Å². The number of anilines is 2. The first-order chi connectivity index (χ1) is 13.2. The van der Waals surface area contributed by atoms with Gasteiger partial charge in [-0.1, -0.05) is 6.07 Å².